The van der Waals surface area contributed by atoms with Crippen LogP contribution in [0.2, 0.25) is 0 Å². The van der Waals surface area contributed by atoms with Crippen molar-refractivity contribution in [3.05, 3.63) is 69.3 Å². The highest BCUT2D eigenvalue weighted by molar-refractivity contribution is 5.42. The summed E-state index contributed by atoms with van der Waals surface area (Å²) in [6, 6.07) is 11.0. The molecule has 2 rings (SSSR count). The molecule has 2 atom stereocenters. The Morgan fingerprint density at radius 1 is 0.778 bits per heavy atom. The van der Waals surface area contributed by atoms with Gasteiger partial charge in [-0.1, -0.05) is 51.1 Å². The third kappa shape index (κ3) is 5.19. The predicted octanol–water partition coefficient (Wildman–Crippen LogP) is 4.28. The second-order valence-corrected chi connectivity index (χ2v) is 7.57. The van der Waals surface area contributed by atoms with Gasteiger partial charge in [-0.3, -0.25) is 0 Å². The largest absolute Gasteiger partial charge is 0.323 e. The molecule has 2 aromatic carbocycles. The Labute approximate surface area is 165 Å². The zero-order chi connectivity index (χ0) is 20.0. The molecule has 0 aliphatic rings. The van der Waals surface area contributed by atoms with Gasteiger partial charge in [-0.15, -0.1) is 0 Å². The summed E-state index contributed by atoms with van der Waals surface area (Å²) in [6.45, 7) is 12.4. The van der Waals surface area contributed by atoms with Gasteiger partial charge in [0.2, 0.25) is 0 Å². The topological polar surface area (TPSA) is 64.1 Å². The molecule has 0 aromatic heterocycles. The van der Waals surface area contributed by atoms with Crippen molar-refractivity contribution in [1.82, 2.24) is 5.32 Å². The highest BCUT2D eigenvalue weighted by atomic mass is 14.9. The van der Waals surface area contributed by atoms with Crippen LogP contribution >= 0.6 is 0 Å². The molecule has 148 valence electrons. The lowest BCUT2D eigenvalue weighted by Crippen LogP contribution is -2.34. The van der Waals surface area contributed by atoms with Gasteiger partial charge >= 0.3 is 0 Å². The minimum atomic E-state index is -0.0165. The Morgan fingerprint density at radius 3 is 1.70 bits per heavy atom. The molecule has 0 saturated heterocycles. The van der Waals surface area contributed by atoms with Crippen LogP contribution in [0.1, 0.15) is 71.8 Å². The fraction of sp³-hybridized carbons (Fsp3) is 0.500. The van der Waals surface area contributed by atoms with Crippen LogP contribution in [0.25, 0.3) is 0 Å². The first kappa shape index (κ1) is 21.6. The molecular weight excluding hydrogens is 330 g/mol. The van der Waals surface area contributed by atoms with Gasteiger partial charge in [0.05, 0.1) is 0 Å². The fourth-order valence-corrected chi connectivity index (χ4v) is 4.13. The molecule has 27 heavy (non-hydrogen) atoms. The summed E-state index contributed by atoms with van der Waals surface area (Å²) in [5.41, 5.74) is 22.4. The van der Waals surface area contributed by atoms with Crippen molar-refractivity contribution >= 4 is 0 Å². The lowest BCUT2D eigenvalue weighted by Gasteiger charge is -2.23. The monoisotopic (exact) mass is 367 g/mol. The standard InChI is InChI=1S/C24H37N3/c1-6-18-12-19(7-2)24(20(8-3)13-18)22(26)15-27-14-21(25)23-16(4)10-9-11-17(23)5/h9-13,21-22,27H,6-8,14-15,25-26H2,1-5H3. The van der Waals surface area contributed by atoms with E-state index in [4.69, 9.17) is 11.5 Å². The smallest absolute Gasteiger partial charge is 0.0427 e. The van der Waals surface area contributed by atoms with Crippen LogP contribution in [0.3, 0.4) is 0 Å². The minimum absolute atomic E-state index is 0.00836. The Kier molecular flexibility index (Phi) is 8.03. The van der Waals surface area contributed by atoms with Crippen LogP contribution in [0, 0.1) is 13.8 Å². The Hall–Kier alpha value is -1.68. The van der Waals surface area contributed by atoms with Gasteiger partial charge in [-0.25, -0.2) is 0 Å². The molecule has 0 saturated carbocycles. The van der Waals surface area contributed by atoms with Crippen LogP contribution in [0.15, 0.2) is 30.3 Å². The van der Waals surface area contributed by atoms with E-state index in [-0.39, 0.29) is 12.1 Å². The molecule has 0 aliphatic heterocycles. The molecule has 2 unspecified atom stereocenters. The molecule has 0 heterocycles. The van der Waals surface area contributed by atoms with E-state index >= 15 is 0 Å². The minimum Gasteiger partial charge on any atom is -0.323 e. The van der Waals surface area contributed by atoms with E-state index < -0.39 is 0 Å². The maximum atomic E-state index is 6.62. The summed E-state index contributed by atoms with van der Waals surface area (Å²) in [5, 5.41) is 3.52. The van der Waals surface area contributed by atoms with E-state index in [9.17, 15) is 0 Å². The van der Waals surface area contributed by atoms with Crippen molar-refractivity contribution in [2.75, 3.05) is 13.1 Å². The molecule has 0 spiro atoms. The summed E-state index contributed by atoms with van der Waals surface area (Å²) in [4.78, 5) is 0. The van der Waals surface area contributed by atoms with E-state index in [1.54, 1.807) is 0 Å². The summed E-state index contributed by atoms with van der Waals surface area (Å²) >= 11 is 0. The van der Waals surface area contributed by atoms with Gasteiger partial charge < -0.3 is 16.8 Å². The van der Waals surface area contributed by atoms with Crippen molar-refractivity contribution in [2.45, 2.75) is 66.0 Å². The number of nitrogens with one attached hydrogen (secondary N) is 1. The molecule has 0 bridgehead atoms. The second kappa shape index (κ2) is 10.0. The number of hydrogen-bond acceptors (Lipinski definition) is 3. The van der Waals surface area contributed by atoms with E-state index in [0.29, 0.717) is 0 Å². The maximum Gasteiger partial charge on any atom is 0.0427 e. The molecule has 0 fully saturated rings. The fourth-order valence-electron chi connectivity index (χ4n) is 4.13. The van der Waals surface area contributed by atoms with Crippen molar-refractivity contribution in [2.24, 2.45) is 11.5 Å². The first-order chi connectivity index (χ1) is 12.9. The highest BCUT2D eigenvalue weighted by Gasteiger charge is 2.17. The molecule has 0 amide bonds. The lowest BCUT2D eigenvalue weighted by atomic mass is 9.89. The van der Waals surface area contributed by atoms with Crippen molar-refractivity contribution in [3.8, 4) is 0 Å². The van der Waals surface area contributed by atoms with E-state index in [1.165, 1.54) is 38.9 Å². The third-order valence-corrected chi connectivity index (χ3v) is 5.59. The van der Waals surface area contributed by atoms with Gasteiger partial charge in [0.25, 0.3) is 0 Å². The van der Waals surface area contributed by atoms with Gasteiger partial charge in [0, 0.05) is 25.2 Å². The first-order valence-corrected chi connectivity index (χ1v) is 10.3. The molecular formula is C24H37N3. The van der Waals surface area contributed by atoms with Crippen LogP contribution in [-0.4, -0.2) is 13.1 Å². The number of hydrogen-bond donors (Lipinski definition) is 3. The number of nitrogens with two attached hydrogens (primary N) is 2. The zero-order valence-electron chi connectivity index (χ0n) is 17.7. The van der Waals surface area contributed by atoms with Gasteiger partial charge in [0.15, 0.2) is 0 Å². The van der Waals surface area contributed by atoms with E-state index in [2.05, 4.69) is 70.3 Å². The summed E-state index contributed by atoms with van der Waals surface area (Å²) < 4.78 is 0. The number of rotatable bonds is 9. The van der Waals surface area contributed by atoms with Crippen molar-refractivity contribution in [3.63, 3.8) is 0 Å². The zero-order valence-corrected chi connectivity index (χ0v) is 17.7. The van der Waals surface area contributed by atoms with Crippen LogP contribution in [0.4, 0.5) is 0 Å². The predicted molar refractivity (Wildman–Crippen MR) is 117 cm³/mol. The van der Waals surface area contributed by atoms with Crippen molar-refractivity contribution < 1.29 is 0 Å². The number of benzene rings is 2. The maximum absolute atomic E-state index is 6.62. The second-order valence-electron chi connectivity index (χ2n) is 7.57. The summed E-state index contributed by atoms with van der Waals surface area (Å²) in [6.07, 6.45) is 3.11. The Morgan fingerprint density at radius 2 is 1.26 bits per heavy atom. The summed E-state index contributed by atoms with van der Waals surface area (Å²) in [7, 11) is 0. The first-order valence-electron chi connectivity index (χ1n) is 10.3. The molecule has 5 N–H and O–H groups in total. The van der Waals surface area contributed by atoms with Gasteiger partial charge in [-0.2, -0.15) is 0 Å². The van der Waals surface area contributed by atoms with Crippen molar-refractivity contribution in [1.29, 1.82) is 0 Å². The highest BCUT2D eigenvalue weighted by Crippen LogP contribution is 2.25. The van der Waals surface area contributed by atoms with Gasteiger partial charge in [0.1, 0.15) is 0 Å². The molecule has 3 heteroatoms. The lowest BCUT2D eigenvalue weighted by molar-refractivity contribution is 0.547. The van der Waals surface area contributed by atoms with E-state index in [1.807, 2.05) is 0 Å². The molecule has 0 aliphatic carbocycles. The molecule has 3 nitrogen and oxygen atoms in total. The Bertz CT molecular complexity index is 706. The third-order valence-electron chi connectivity index (χ3n) is 5.59. The Balaban J connectivity index is 2.09. The average molecular weight is 368 g/mol. The van der Waals surface area contributed by atoms with Crippen LogP contribution < -0.4 is 16.8 Å². The average Bonchev–Trinajstić information content (AvgIpc) is 2.66. The number of aryl methyl sites for hydroxylation is 5. The van der Waals surface area contributed by atoms with Crippen LogP contribution in [-0.2, 0) is 19.3 Å². The summed E-state index contributed by atoms with van der Waals surface area (Å²) in [5.74, 6) is 0. The SMILES string of the molecule is CCc1cc(CC)c(C(N)CNCC(N)c2c(C)cccc2C)c(CC)c1. The molecule has 2 aromatic rings. The van der Waals surface area contributed by atoms with Crippen LogP contribution in [0.5, 0.6) is 0 Å². The normalized spacial score (nSPS) is 13.6. The van der Waals surface area contributed by atoms with E-state index in [0.717, 1.165) is 32.4 Å². The van der Waals surface area contributed by atoms with Gasteiger partial charge in [-0.05, 0) is 72.1 Å². The quantitative estimate of drug-likeness (QED) is 0.620. The molecule has 0 radical (unpaired) electrons.